The predicted octanol–water partition coefficient (Wildman–Crippen LogP) is 4.69. The highest BCUT2D eigenvalue weighted by atomic mass is 16.1. The summed E-state index contributed by atoms with van der Waals surface area (Å²) in [6.07, 6.45) is 3.27. The number of anilines is 3. The van der Waals surface area contributed by atoms with Crippen molar-refractivity contribution in [3.63, 3.8) is 0 Å². The maximum atomic E-state index is 12.4. The van der Waals surface area contributed by atoms with Crippen molar-refractivity contribution in [2.75, 3.05) is 10.6 Å². The summed E-state index contributed by atoms with van der Waals surface area (Å²) in [5, 5.41) is 6.18. The highest BCUT2D eigenvalue weighted by molar-refractivity contribution is 6.04. The summed E-state index contributed by atoms with van der Waals surface area (Å²) >= 11 is 0. The molecule has 0 saturated heterocycles. The maximum absolute atomic E-state index is 12.4. The van der Waals surface area contributed by atoms with Gasteiger partial charge >= 0.3 is 0 Å². The zero-order chi connectivity index (χ0) is 16.9. The molecule has 4 heteroatoms. The van der Waals surface area contributed by atoms with Gasteiger partial charge in [-0.3, -0.25) is 9.78 Å². The van der Waals surface area contributed by atoms with Gasteiger partial charge in [-0.1, -0.05) is 35.9 Å². The van der Waals surface area contributed by atoms with Gasteiger partial charge in [0.05, 0.1) is 17.4 Å². The average molecular weight is 317 g/mol. The number of nitrogens with one attached hydrogen (secondary N) is 2. The van der Waals surface area contributed by atoms with E-state index in [1.165, 1.54) is 5.56 Å². The zero-order valence-electron chi connectivity index (χ0n) is 13.7. The number of rotatable bonds is 4. The molecule has 120 valence electrons. The van der Waals surface area contributed by atoms with E-state index in [9.17, 15) is 4.79 Å². The standard InChI is InChI=1S/C20H19N3O/c1-14-8-9-19(15(2)10-14)22-18-11-16(12-21-13-18)20(24)23-17-6-4-3-5-7-17/h3-13,22H,1-2H3,(H,23,24). The van der Waals surface area contributed by atoms with E-state index in [1.54, 1.807) is 18.5 Å². The van der Waals surface area contributed by atoms with Crippen molar-refractivity contribution in [3.05, 3.63) is 83.7 Å². The Bertz CT molecular complexity index is 860. The van der Waals surface area contributed by atoms with E-state index in [4.69, 9.17) is 0 Å². The first kappa shape index (κ1) is 15.7. The molecule has 4 nitrogen and oxygen atoms in total. The molecule has 0 fully saturated rings. The fourth-order valence-electron chi connectivity index (χ4n) is 2.47. The number of benzene rings is 2. The van der Waals surface area contributed by atoms with Crippen molar-refractivity contribution in [2.24, 2.45) is 0 Å². The van der Waals surface area contributed by atoms with Gasteiger partial charge in [0, 0.05) is 17.6 Å². The Kier molecular flexibility index (Phi) is 4.57. The molecule has 0 saturated carbocycles. The first-order chi connectivity index (χ1) is 11.6. The molecule has 2 N–H and O–H groups in total. The first-order valence-corrected chi connectivity index (χ1v) is 7.77. The highest BCUT2D eigenvalue weighted by Crippen LogP contribution is 2.21. The fraction of sp³-hybridized carbons (Fsp3) is 0.100. The molecule has 0 unspecified atom stereocenters. The minimum atomic E-state index is -0.182. The van der Waals surface area contributed by atoms with Crippen LogP contribution in [0.1, 0.15) is 21.5 Å². The van der Waals surface area contributed by atoms with Crippen LogP contribution in [0.15, 0.2) is 67.0 Å². The van der Waals surface area contributed by atoms with Gasteiger partial charge < -0.3 is 10.6 Å². The maximum Gasteiger partial charge on any atom is 0.257 e. The van der Waals surface area contributed by atoms with E-state index < -0.39 is 0 Å². The Morgan fingerprint density at radius 2 is 1.71 bits per heavy atom. The molecule has 0 radical (unpaired) electrons. The molecule has 1 aromatic heterocycles. The first-order valence-electron chi connectivity index (χ1n) is 7.77. The summed E-state index contributed by atoms with van der Waals surface area (Å²) in [6.45, 7) is 4.11. The number of aromatic nitrogens is 1. The summed E-state index contributed by atoms with van der Waals surface area (Å²) in [5.74, 6) is -0.182. The Labute approximate surface area is 141 Å². The van der Waals surface area contributed by atoms with Gasteiger partial charge in [-0.05, 0) is 43.7 Å². The van der Waals surface area contributed by atoms with Crippen LogP contribution >= 0.6 is 0 Å². The smallest absolute Gasteiger partial charge is 0.257 e. The summed E-state index contributed by atoms with van der Waals surface area (Å²) in [5.41, 5.74) is 5.41. The van der Waals surface area contributed by atoms with Crippen molar-refractivity contribution in [2.45, 2.75) is 13.8 Å². The molecule has 2 aromatic carbocycles. The number of aryl methyl sites for hydroxylation is 2. The lowest BCUT2D eigenvalue weighted by Gasteiger charge is -2.11. The molecular formula is C20H19N3O. The van der Waals surface area contributed by atoms with Crippen LogP contribution in [0.3, 0.4) is 0 Å². The summed E-state index contributed by atoms with van der Waals surface area (Å²) in [6, 6.07) is 17.4. The average Bonchev–Trinajstić information content (AvgIpc) is 2.59. The summed E-state index contributed by atoms with van der Waals surface area (Å²) in [4.78, 5) is 16.5. The van der Waals surface area contributed by atoms with Crippen molar-refractivity contribution in [1.82, 2.24) is 4.98 Å². The van der Waals surface area contributed by atoms with Gasteiger partial charge in [0.1, 0.15) is 0 Å². The second-order valence-corrected chi connectivity index (χ2v) is 5.73. The lowest BCUT2D eigenvalue weighted by Crippen LogP contribution is -2.12. The minimum Gasteiger partial charge on any atom is -0.354 e. The van der Waals surface area contributed by atoms with Gasteiger partial charge in [0.15, 0.2) is 0 Å². The van der Waals surface area contributed by atoms with Crippen LogP contribution in [0.2, 0.25) is 0 Å². The minimum absolute atomic E-state index is 0.182. The lowest BCUT2D eigenvalue weighted by molar-refractivity contribution is 0.102. The van der Waals surface area contributed by atoms with Crippen molar-refractivity contribution >= 4 is 23.0 Å². The van der Waals surface area contributed by atoms with Gasteiger partial charge in [0.25, 0.3) is 5.91 Å². The van der Waals surface area contributed by atoms with E-state index >= 15 is 0 Å². The quantitative estimate of drug-likeness (QED) is 0.733. The molecule has 0 spiro atoms. The van der Waals surface area contributed by atoms with Crippen LogP contribution in [-0.2, 0) is 0 Å². The Hall–Kier alpha value is -3.14. The van der Waals surface area contributed by atoms with Crippen LogP contribution in [0.5, 0.6) is 0 Å². The van der Waals surface area contributed by atoms with Crippen LogP contribution in [-0.4, -0.2) is 10.9 Å². The van der Waals surface area contributed by atoms with Crippen LogP contribution in [0, 0.1) is 13.8 Å². The molecule has 0 aliphatic carbocycles. The molecule has 0 bridgehead atoms. The lowest BCUT2D eigenvalue weighted by atomic mass is 10.1. The number of para-hydroxylation sites is 1. The van der Waals surface area contributed by atoms with Crippen molar-refractivity contribution in [1.29, 1.82) is 0 Å². The molecule has 0 aliphatic rings. The van der Waals surface area contributed by atoms with E-state index in [1.807, 2.05) is 36.4 Å². The van der Waals surface area contributed by atoms with Crippen LogP contribution in [0.4, 0.5) is 17.1 Å². The Balaban J connectivity index is 1.77. The summed E-state index contributed by atoms with van der Waals surface area (Å²) < 4.78 is 0. The monoisotopic (exact) mass is 317 g/mol. The number of carbonyl (C=O) groups excluding carboxylic acids is 1. The second kappa shape index (κ2) is 6.96. The molecule has 1 heterocycles. The molecule has 0 atom stereocenters. The Morgan fingerprint density at radius 1 is 0.917 bits per heavy atom. The normalized spacial score (nSPS) is 10.2. The van der Waals surface area contributed by atoms with Crippen LogP contribution in [0.25, 0.3) is 0 Å². The molecule has 3 rings (SSSR count). The largest absolute Gasteiger partial charge is 0.354 e. The van der Waals surface area contributed by atoms with E-state index in [-0.39, 0.29) is 5.91 Å². The third kappa shape index (κ3) is 3.79. The van der Waals surface area contributed by atoms with Crippen molar-refractivity contribution < 1.29 is 4.79 Å². The fourth-order valence-corrected chi connectivity index (χ4v) is 2.47. The SMILES string of the molecule is Cc1ccc(Nc2cncc(C(=O)Nc3ccccc3)c2)c(C)c1. The summed E-state index contributed by atoms with van der Waals surface area (Å²) in [7, 11) is 0. The molecule has 3 aromatic rings. The topological polar surface area (TPSA) is 54.0 Å². The van der Waals surface area contributed by atoms with E-state index in [0.717, 1.165) is 22.6 Å². The number of pyridine rings is 1. The van der Waals surface area contributed by atoms with E-state index in [2.05, 4.69) is 41.6 Å². The molecule has 24 heavy (non-hydrogen) atoms. The highest BCUT2D eigenvalue weighted by Gasteiger charge is 2.08. The van der Waals surface area contributed by atoms with Crippen molar-refractivity contribution in [3.8, 4) is 0 Å². The number of nitrogens with zero attached hydrogens (tertiary/aromatic N) is 1. The van der Waals surface area contributed by atoms with Gasteiger partial charge in [-0.15, -0.1) is 0 Å². The Morgan fingerprint density at radius 3 is 2.46 bits per heavy atom. The van der Waals surface area contributed by atoms with E-state index in [0.29, 0.717) is 5.56 Å². The number of hydrogen-bond donors (Lipinski definition) is 2. The number of carbonyl (C=O) groups is 1. The van der Waals surface area contributed by atoms with Gasteiger partial charge in [0.2, 0.25) is 0 Å². The van der Waals surface area contributed by atoms with Gasteiger partial charge in [-0.25, -0.2) is 0 Å². The molecule has 0 aliphatic heterocycles. The molecule has 1 amide bonds. The second-order valence-electron chi connectivity index (χ2n) is 5.73. The zero-order valence-corrected chi connectivity index (χ0v) is 13.7. The third-order valence-corrected chi connectivity index (χ3v) is 3.69. The number of hydrogen-bond acceptors (Lipinski definition) is 3. The number of amides is 1. The van der Waals surface area contributed by atoms with Crippen LogP contribution < -0.4 is 10.6 Å². The third-order valence-electron chi connectivity index (χ3n) is 3.69. The predicted molar refractivity (Wildman–Crippen MR) is 97.8 cm³/mol. The molecular weight excluding hydrogens is 298 g/mol. The van der Waals surface area contributed by atoms with Gasteiger partial charge in [-0.2, -0.15) is 0 Å².